The van der Waals surface area contributed by atoms with E-state index in [1.165, 1.54) is 72.8 Å². The smallest absolute Gasteiger partial charge is 0.338 e. The van der Waals surface area contributed by atoms with Gasteiger partial charge in [-0.2, -0.15) is 0 Å². The summed E-state index contributed by atoms with van der Waals surface area (Å²) >= 11 is 0. The molecule has 0 atom stereocenters. The number of carbonyl (C=O) groups excluding carboxylic acids is 6. The van der Waals surface area contributed by atoms with Gasteiger partial charge in [-0.15, -0.1) is 0 Å². The van der Waals surface area contributed by atoms with E-state index < -0.39 is 59.4 Å². The van der Waals surface area contributed by atoms with E-state index in [9.17, 15) is 41.9 Å². The molecule has 0 radical (unpaired) electrons. The van der Waals surface area contributed by atoms with Crippen LogP contribution in [0.15, 0.2) is 92.5 Å². The van der Waals surface area contributed by atoms with Crippen LogP contribution in [0.2, 0.25) is 0 Å². The summed E-state index contributed by atoms with van der Waals surface area (Å²) in [6, 6.07) is 16.5. The lowest BCUT2D eigenvalue weighted by Crippen LogP contribution is -2.30. The number of hydrogen-bond donors (Lipinski definition) is 0. The van der Waals surface area contributed by atoms with Crippen LogP contribution >= 0.6 is 0 Å². The molecule has 0 fully saturated rings. The molecule has 3 aromatic rings. The molecule has 0 N–H and O–H groups in total. The van der Waals surface area contributed by atoms with Crippen molar-refractivity contribution < 1.29 is 70.4 Å². The molecule has 0 bridgehead atoms. The Hall–Kier alpha value is -6.51. The number of esters is 6. The number of benzene rings is 3. The summed E-state index contributed by atoms with van der Waals surface area (Å²) in [6.07, 6.45) is 16.9. The van der Waals surface area contributed by atoms with Crippen molar-refractivity contribution in [3.63, 3.8) is 0 Å². The van der Waals surface area contributed by atoms with E-state index in [1.807, 2.05) is 0 Å². The van der Waals surface area contributed by atoms with Crippen molar-refractivity contribution in [2.24, 2.45) is 0 Å². The topological polar surface area (TPSA) is 158 Å². The average molecular weight is 1050 g/mol. The van der Waals surface area contributed by atoms with E-state index in [4.69, 9.17) is 28.4 Å². The predicted octanol–water partition coefficient (Wildman–Crippen LogP) is 13.5. The first-order valence-electron chi connectivity index (χ1n) is 26.6. The summed E-state index contributed by atoms with van der Waals surface area (Å²) < 4.78 is 72.0. The molecule has 3 rings (SSSR count). The van der Waals surface area contributed by atoms with E-state index in [2.05, 4.69) is 19.7 Å². The van der Waals surface area contributed by atoms with Crippen molar-refractivity contribution in [3.05, 3.63) is 127 Å². The van der Waals surface area contributed by atoms with Gasteiger partial charge in [-0.1, -0.05) is 152 Å². The van der Waals surface area contributed by atoms with Crippen molar-refractivity contribution in [3.8, 4) is 0 Å². The fourth-order valence-corrected chi connectivity index (χ4v) is 7.71. The van der Waals surface area contributed by atoms with Crippen LogP contribution in [0.4, 0.5) is 13.2 Å². The summed E-state index contributed by atoms with van der Waals surface area (Å²) in [4.78, 5) is 74.9. The Morgan fingerprint density at radius 1 is 0.333 bits per heavy atom. The summed E-state index contributed by atoms with van der Waals surface area (Å²) in [5, 5.41) is 0. The molecular weight excluding hydrogens is 970 g/mol. The zero-order valence-electron chi connectivity index (χ0n) is 43.7. The minimum atomic E-state index is -0.951. The molecule has 410 valence electrons. The van der Waals surface area contributed by atoms with Crippen molar-refractivity contribution in [1.82, 2.24) is 0 Å². The van der Waals surface area contributed by atoms with Gasteiger partial charge in [0.1, 0.15) is 30.7 Å². The molecule has 12 nitrogen and oxygen atoms in total. The minimum Gasteiger partial charge on any atom is -0.462 e. The first-order chi connectivity index (χ1) is 36.2. The Labute approximate surface area is 441 Å². The molecule has 0 unspecified atom stereocenters. The van der Waals surface area contributed by atoms with Crippen LogP contribution in [0.3, 0.4) is 0 Å². The second-order valence-electron chi connectivity index (χ2n) is 18.5. The van der Waals surface area contributed by atoms with E-state index >= 15 is 0 Å². The van der Waals surface area contributed by atoms with Gasteiger partial charge in [0.15, 0.2) is 6.10 Å². The Kier molecular flexibility index (Phi) is 31.9. The number of unbranched alkanes of at least 4 members (excludes halogenated alkanes) is 18. The summed E-state index contributed by atoms with van der Waals surface area (Å²) in [6.45, 7) is 11.5. The minimum absolute atomic E-state index is 0.156. The zero-order valence-corrected chi connectivity index (χ0v) is 43.7. The summed E-state index contributed by atoms with van der Waals surface area (Å²) in [7, 11) is 0. The third kappa shape index (κ3) is 28.7. The molecule has 0 saturated carbocycles. The molecular formula is C60H77F3O12. The van der Waals surface area contributed by atoms with E-state index in [1.54, 1.807) is 0 Å². The van der Waals surface area contributed by atoms with E-state index in [0.29, 0.717) is 55.2 Å². The number of ether oxygens (including phenoxy) is 6. The van der Waals surface area contributed by atoms with Gasteiger partial charge >= 0.3 is 35.8 Å². The lowest BCUT2D eigenvalue weighted by atomic mass is 10.1. The normalized spacial score (nSPS) is 10.9. The number of hydrogen-bond acceptors (Lipinski definition) is 12. The van der Waals surface area contributed by atoms with Gasteiger partial charge in [-0.3, -0.25) is 14.4 Å². The van der Waals surface area contributed by atoms with Gasteiger partial charge in [0.05, 0.1) is 36.5 Å². The molecule has 0 aromatic heterocycles. The molecule has 0 heterocycles. The molecule has 0 aliphatic rings. The highest BCUT2D eigenvalue weighted by atomic mass is 19.1. The molecule has 0 aliphatic carbocycles. The van der Waals surface area contributed by atoms with E-state index in [-0.39, 0.29) is 69.0 Å². The maximum absolute atomic E-state index is 13.2. The summed E-state index contributed by atoms with van der Waals surface area (Å²) in [5.41, 5.74) is 2.07. The Morgan fingerprint density at radius 3 is 0.853 bits per heavy atom. The molecule has 15 heteroatoms. The third-order valence-corrected chi connectivity index (χ3v) is 12.3. The first-order valence-corrected chi connectivity index (χ1v) is 26.6. The Bertz CT molecular complexity index is 2120. The zero-order chi connectivity index (χ0) is 54.5. The second kappa shape index (κ2) is 38.1. The lowest BCUT2D eigenvalue weighted by Gasteiger charge is -2.18. The van der Waals surface area contributed by atoms with Crippen LogP contribution in [0.5, 0.6) is 0 Å². The SMILES string of the molecule is C=C(C(=O)OCCCCCCCCCC(=O)OCC(COC(=O)CCCCCCCCCOC(=O)C(=C)c1ccc(F)cc1)OC(=O)CCCCCCCCCOC(=O)C(=C)c1ccc(F)cc1)c1ccc(F)cc1. The van der Waals surface area contributed by atoms with Gasteiger partial charge < -0.3 is 28.4 Å². The van der Waals surface area contributed by atoms with Crippen LogP contribution in [0.1, 0.15) is 171 Å². The lowest BCUT2D eigenvalue weighted by molar-refractivity contribution is -0.167. The Morgan fingerprint density at radius 2 is 0.573 bits per heavy atom. The standard InChI is InChI=1S/C60H77F3O12/c1-45(48-28-34-51(61)35-29-48)58(67)70-40-22-16-10-4-7-13-19-25-55(64)73-43-54(75-57(66)27-21-15-9-6-12-18-24-42-72-60(69)47(3)50-32-38-53(63)39-33-50)44-74-56(65)26-20-14-8-5-11-17-23-41-71-59(68)46(2)49-30-36-52(62)37-31-49/h28-39,54H,1-27,40-44H2. The number of carbonyl (C=O) groups is 6. The van der Waals surface area contributed by atoms with Crippen LogP contribution in [-0.4, -0.2) is 75.0 Å². The second-order valence-corrected chi connectivity index (χ2v) is 18.5. The van der Waals surface area contributed by atoms with Crippen LogP contribution < -0.4 is 0 Å². The fourth-order valence-electron chi connectivity index (χ4n) is 7.71. The van der Waals surface area contributed by atoms with Crippen molar-refractivity contribution in [2.75, 3.05) is 33.0 Å². The van der Waals surface area contributed by atoms with Gasteiger partial charge in [0, 0.05) is 19.3 Å². The molecule has 75 heavy (non-hydrogen) atoms. The van der Waals surface area contributed by atoms with Crippen molar-refractivity contribution in [1.29, 1.82) is 0 Å². The highest BCUT2D eigenvalue weighted by Crippen LogP contribution is 2.19. The van der Waals surface area contributed by atoms with Crippen molar-refractivity contribution >= 4 is 52.5 Å². The average Bonchev–Trinajstić information content (AvgIpc) is 3.40. The largest absolute Gasteiger partial charge is 0.462 e. The van der Waals surface area contributed by atoms with Crippen LogP contribution in [0, 0.1) is 17.5 Å². The highest BCUT2D eigenvalue weighted by molar-refractivity contribution is 6.16. The fraction of sp³-hybridized carbons (Fsp3) is 0.500. The Balaban J connectivity index is 1.27. The van der Waals surface area contributed by atoms with E-state index in [0.717, 1.165) is 96.3 Å². The van der Waals surface area contributed by atoms with Gasteiger partial charge in [0.2, 0.25) is 0 Å². The van der Waals surface area contributed by atoms with Gasteiger partial charge in [-0.25, -0.2) is 27.6 Å². The molecule has 0 saturated heterocycles. The number of halogens is 3. The van der Waals surface area contributed by atoms with Crippen LogP contribution in [0.25, 0.3) is 16.7 Å². The molecule has 0 aliphatic heterocycles. The van der Waals surface area contributed by atoms with Crippen LogP contribution in [-0.2, 0) is 57.2 Å². The predicted molar refractivity (Wildman–Crippen MR) is 282 cm³/mol. The maximum atomic E-state index is 13.2. The van der Waals surface area contributed by atoms with Gasteiger partial charge in [0.25, 0.3) is 0 Å². The monoisotopic (exact) mass is 1050 g/mol. The number of rotatable bonds is 41. The molecule has 3 aromatic carbocycles. The molecule has 0 amide bonds. The third-order valence-electron chi connectivity index (χ3n) is 12.3. The maximum Gasteiger partial charge on any atom is 0.338 e. The first kappa shape index (κ1) is 62.8. The summed E-state index contributed by atoms with van der Waals surface area (Å²) in [5.74, 6) is -4.13. The quantitative estimate of drug-likeness (QED) is 0.0230. The highest BCUT2D eigenvalue weighted by Gasteiger charge is 2.20. The van der Waals surface area contributed by atoms with Gasteiger partial charge in [-0.05, 0) is 91.6 Å². The van der Waals surface area contributed by atoms with Crippen molar-refractivity contribution in [2.45, 2.75) is 160 Å². The molecule has 0 spiro atoms.